The summed E-state index contributed by atoms with van der Waals surface area (Å²) >= 11 is 0. The Hall–Kier alpha value is -4.36. The summed E-state index contributed by atoms with van der Waals surface area (Å²) < 4.78 is 34.6. The Balaban J connectivity index is 1.30. The second kappa shape index (κ2) is 18.8. The normalized spacial score (nSPS) is 18.9. The lowest BCUT2D eigenvalue weighted by molar-refractivity contribution is -0.300. The smallest absolute Gasteiger partial charge is 0.308 e. The second-order valence-corrected chi connectivity index (χ2v) is 15.4. The van der Waals surface area contributed by atoms with E-state index in [0.717, 1.165) is 29.5 Å². The van der Waals surface area contributed by atoms with Crippen molar-refractivity contribution in [3.63, 3.8) is 0 Å². The van der Waals surface area contributed by atoms with E-state index in [2.05, 4.69) is 16.0 Å². The maximum Gasteiger partial charge on any atom is 0.308 e. The molecular formula is C41H59N3O10. The van der Waals surface area contributed by atoms with Gasteiger partial charge in [-0.2, -0.15) is 0 Å². The number of anilines is 1. The number of carbonyl (C=O) groups excluding carboxylic acids is 3. The maximum atomic E-state index is 13.6. The summed E-state index contributed by atoms with van der Waals surface area (Å²) in [5.74, 6) is 0.124. The van der Waals surface area contributed by atoms with E-state index in [1.54, 1.807) is 33.5 Å². The molecule has 2 aliphatic rings. The highest BCUT2D eigenvalue weighted by Gasteiger charge is 2.37. The molecule has 2 aromatic carbocycles. The molecule has 298 valence electrons. The first-order valence-corrected chi connectivity index (χ1v) is 18.9. The maximum absolute atomic E-state index is 13.6. The minimum atomic E-state index is -0.840. The Bertz CT molecular complexity index is 1700. The van der Waals surface area contributed by atoms with Crippen molar-refractivity contribution in [3.8, 4) is 28.4 Å². The van der Waals surface area contributed by atoms with Crippen LogP contribution in [0.15, 0.2) is 29.1 Å². The number of amides is 2. The third-order valence-electron chi connectivity index (χ3n) is 9.34. The number of esters is 1. The topological polar surface area (TPSA) is 160 Å². The summed E-state index contributed by atoms with van der Waals surface area (Å²) in [5.41, 5.74) is 2.91. The Morgan fingerprint density at radius 3 is 2.31 bits per heavy atom. The number of methoxy groups -OCH3 is 3. The average molecular weight is 754 g/mol. The van der Waals surface area contributed by atoms with Crippen molar-refractivity contribution in [3.05, 3.63) is 45.6 Å². The molecule has 1 fully saturated rings. The van der Waals surface area contributed by atoms with E-state index in [9.17, 15) is 19.2 Å². The monoisotopic (exact) mass is 753 g/mol. The molecule has 0 unspecified atom stereocenters. The minimum Gasteiger partial charge on any atom is -0.493 e. The molecule has 1 aliphatic carbocycles. The highest BCUT2D eigenvalue weighted by molar-refractivity contribution is 5.84. The molecular weight excluding hydrogens is 694 g/mol. The molecule has 1 saturated heterocycles. The lowest BCUT2D eigenvalue weighted by Gasteiger charge is -2.40. The fourth-order valence-corrected chi connectivity index (χ4v) is 7.22. The lowest BCUT2D eigenvalue weighted by atomic mass is 9.95. The molecule has 2 aromatic rings. The van der Waals surface area contributed by atoms with Crippen LogP contribution in [-0.4, -0.2) is 75.8 Å². The van der Waals surface area contributed by atoms with E-state index in [4.69, 9.17) is 28.4 Å². The Labute approximate surface area is 319 Å². The third kappa shape index (κ3) is 11.8. The van der Waals surface area contributed by atoms with Gasteiger partial charge in [0.1, 0.15) is 5.60 Å². The van der Waals surface area contributed by atoms with Crippen LogP contribution in [0.2, 0.25) is 0 Å². The van der Waals surface area contributed by atoms with Gasteiger partial charge in [-0.3, -0.25) is 19.2 Å². The molecule has 2 amide bonds. The van der Waals surface area contributed by atoms with Crippen molar-refractivity contribution in [2.75, 3.05) is 39.7 Å². The number of hydrogen-bond donors (Lipinski definition) is 3. The number of carbonyl (C=O) groups is 3. The van der Waals surface area contributed by atoms with Gasteiger partial charge in [-0.05, 0) is 102 Å². The Morgan fingerprint density at radius 2 is 1.65 bits per heavy atom. The molecule has 13 nitrogen and oxygen atoms in total. The number of benzene rings is 1. The summed E-state index contributed by atoms with van der Waals surface area (Å²) in [6, 6.07) is 6.80. The Morgan fingerprint density at radius 1 is 0.926 bits per heavy atom. The molecule has 54 heavy (non-hydrogen) atoms. The van der Waals surface area contributed by atoms with E-state index in [1.807, 2.05) is 46.8 Å². The van der Waals surface area contributed by atoms with Crippen molar-refractivity contribution in [1.82, 2.24) is 10.6 Å². The number of rotatable bonds is 16. The van der Waals surface area contributed by atoms with E-state index in [0.29, 0.717) is 80.1 Å². The quantitative estimate of drug-likeness (QED) is 0.137. The highest BCUT2D eigenvalue weighted by Crippen LogP contribution is 2.50. The van der Waals surface area contributed by atoms with Crippen LogP contribution < -0.4 is 35.6 Å². The standard InChI is InChI=1S/C41H59N3O10/c1-25(45)44-31-16-14-26-21-34(49-7)38(50-8)39(51-9)37(26)29-15-17-32(33(46)24-30(29)31)42-19-12-10-11-13-35(47)43-20-18-27-22-28(53-41(5,6)52-27)23-36(48)54-40(2,3)4/h15,17,21,24,27-28,31H,10-14,16,18-20,22-23H2,1-9H3,(H,42,46)(H,43,47)(H,44,45)/t27-,28-,31+/m1/s1. The van der Waals surface area contributed by atoms with Gasteiger partial charge in [0, 0.05) is 38.4 Å². The van der Waals surface area contributed by atoms with Crippen LogP contribution in [0.4, 0.5) is 5.69 Å². The molecule has 3 N–H and O–H groups in total. The number of ether oxygens (including phenoxy) is 6. The van der Waals surface area contributed by atoms with Gasteiger partial charge in [-0.15, -0.1) is 0 Å². The predicted molar refractivity (Wildman–Crippen MR) is 206 cm³/mol. The first-order chi connectivity index (χ1) is 25.5. The van der Waals surface area contributed by atoms with Crippen molar-refractivity contribution in [2.45, 2.75) is 129 Å². The molecule has 3 atom stereocenters. The van der Waals surface area contributed by atoms with Crippen molar-refractivity contribution < 1.29 is 42.8 Å². The Kier molecular flexibility index (Phi) is 14.8. The highest BCUT2D eigenvalue weighted by atomic mass is 16.7. The molecule has 0 saturated carbocycles. The third-order valence-corrected chi connectivity index (χ3v) is 9.34. The number of nitrogens with one attached hydrogen (secondary N) is 3. The first-order valence-electron chi connectivity index (χ1n) is 18.9. The molecule has 0 bridgehead atoms. The fraction of sp³-hybridized carbons (Fsp3) is 0.610. The lowest BCUT2D eigenvalue weighted by Crippen LogP contribution is -2.46. The summed E-state index contributed by atoms with van der Waals surface area (Å²) in [4.78, 5) is 50.7. The second-order valence-electron chi connectivity index (χ2n) is 15.4. The van der Waals surface area contributed by atoms with E-state index in [-0.39, 0.29) is 47.9 Å². The molecule has 1 heterocycles. The van der Waals surface area contributed by atoms with Gasteiger partial charge in [-0.1, -0.05) is 12.5 Å². The first kappa shape index (κ1) is 42.4. The zero-order valence-electron chi connectivity index (χ0n) is 33.4. The molecule has 0 radical (unpaired) electrons. The van der Waals surface area contributed by atoms with Crippen LogP contribution >= 0.6 is 0 Å². The van der Waals surface area contributed by atoms with E-state index >= 15 is 0 Å². The van der Waals surface area contributed by atoms with Crippen LogP contribution in [0.3, 0.4) is 0 Å². The molecule has 0 aromatic heterocycles. The fourth-order valence-electron chi connectivity index (χ4n) is 7.22. The summed E-state index contributed by atoms with van der Waals surface area (Å²) in [6.07, 6.45) is 4.66. The SMILES string of the molecule is COc1cc2c(c(OC)c1OC)-c1ccc(NCCCCCC(=O)NCC[C@@H]3C[C@H](CC(=O)OC(C)(C)C)OC(C)(C)O3)c(=O)cc1[C@@H](NC(C)=O)CC2. The van der Waals surface area contributed by atoms with Crippen molar-refractivity contribution >= 4 is 23.5 Å². The minimum absolute atomic E-state index is 0.0308. The predicted octanol–water partition coefficient (Wildman–Crippen LogP) is 5.98. The van der Waals surface area contributed by atoms with Crippen LogP contribution in [0, 0.1) is 0 Å². The zero-order valence-corrected chi connectivity index (χ0v) is 33.4. The van der Waals surface area contributed by atoms with E-state index in [1.165, 1.54) is 6.92 Å². The largest absolute Gasteiger partial charge is 0.493 e. The number of hydrogen-bond acceptors (Lipinski definition) is 11. The zero-order chi connectivity index (χ0) is 39.6. The van der Waals surface area contributed by atoms with Gasteiger partial charge in [0.05, 0.1) is 51.7 Å². The average Bonchev–Trinajstić information content (AvgIpc) is 3.31. The summed E-state index contributed by atoms with van der Waals surface area (Å²) in [5, 5.41) is 9.30. The van der Waals surface area contributed by atoms with Gasteiger partial charge in [0.2, 0.25) is 23.0 Å². The summed E-state index contributed by atoms with van der Waals surface area (Å²) in [7, 11) is 4.70. The van der Waals surface area contributed by atoms with Gasteiger partial charge < -0.3 is 44.4 Å². The number of fused-ring (bicyclic) bond motifs is 3. The molecule has 1 aliphatic heterocycles. The van der Waals surface area contributed by atoms with Gasteiger partial charge >= 0.3 is 5.97 Å². The molecule has 4 rings (SSSR count). The molecule has 13 heteroatoms. The van der Waals surface area contributed by atoms with Crippen LogP contribution in [0.5, 0.6) is 17.2 Å². The number of aryl methyl sites for hydroxylation is 1. The van der Waals surface area contributed by atoms with Gasteiger partial charge in [0.15, 0.2) is 17.3 Å². The van der Waals surface area contributed by atoms with Crippen LogP contribution in [-0.2, 0) is 35.0 Å². The molecule has 0 spiro atoms. The van der Waals surface area contributed by atoms with Crippen LogP contribution in [0.25, 0.3) is 11.1 Å². The van der Waals surface area contributed by atoms with Gasteiger partial charge in [-0.25, -0.2) is 0 Å². The number of unbranched alkanes of at least 4 members (excludes halogenated alkanes) is 2. The van der Waals surface area contributed by atoms with E-state index < -0.39 is 11.4 Å². The van der Waals surface area contributed by atoms with Crippen LogP contribution in [0.1, 0.15) is 110 Å². The van der Waals surface area contributed by atoms with Gasteiger partial charge in [0.25, 0.3) is 0 Å². The van der Waals surface area contributed by atoms with Crippen molar-refractivity contribution in [2.24, 2.45) is 0 Å². The van der Waals surface area contributed by atoms with Crippen molar-refractivity contribution in [1.29, 1.82) is 0 Å². The summed E-state index contributed by atoms with van der Waals surface area (Å²) in [6.45, 7) is 11.6.